The van der Waals surface area contributed by atoms with E-state index in [0.29, 0.717) is 22.8 Å². The SMILES string of the molecule is COc1ccc(CC(C(=O)O)n2cc(CNS(=O)(=O)c3ccc(-c4ccccn4)s3)nn2)cc1OC. The van der Waals surface area contributed by atoms with E-state index in [0.717, 1.165) is 16.2 Å². The number of hydrogen-bond acceptors (Lipinski definition) is 9. The van der Waals surface area contributed by atoms with Crippen LogP contribution in [0.4, 0.5) is 0 Å². The lowest BCUT2D eigenvalue weighted by Gasteiger charge is -2.14. The molecule has 188 valence electrons. The van der Waals surface area contributed by atoms with Crippen molar-refractivity contribution in [2.24, 2.45) is 0 Å². The summed E-state index contributed by atoms with van der Waals surface area (Å²) in [5.41, 5.74) is 1.65. The van der Waals surface area contributed by atoms with Crippen molar-refractivity contribution in [3.05, 3.63) is 72.2 Å². The average Bonchev–Trinajstić information content (AvgIpc) is 3.57. The zero-order valence-electron chi connectivity index (χ0n) is 19.4. The van der Waals surface area contributed by atoms with Gasteiger partial charge in [0.05, 0.1) is 43.2 Å². The molecule has 0 saturated heterocycles. The van der Waals surface area contributed by atoms with Crippen molar-refractivity contribution in [3.8, 4) is 22.1 Å². The molecule has 0 aliphatic heterocycles. The molecular formula is C23H23N5O6S2. The van der Waals surface area contributed by atoms with Crippen LogP contribution in [-0.4, -0.2) is 53.7 Å². The van der Waals surface area contributed by atoms with E-state index < -0.39 is 22.0 Å². The average molecular weight is 530 g/mol. The van der Waals surface area contributed by atoms with Crippen molar-refractivity contribution >= 4 is 27.3 Å². The summed E-state index contributed by atoms with van der Waals surface area (Å²) in [6.45, 7) is -0.151. The van der Waals surface area contributed by atoms with Gasteiger partial charge in [0.15, 0.2) is 17.5 Å². The fourth-order valence-electron chi connectivity index (χ4n) is 3.42. The van der Waals surface area contributed by atoms with Gasteiger partial charge >= 0.3 is 5.97 Å². The lowest BCUT2D eigenvalue weighted by Crippen LogP contribution is -2.23. The summed E-state index contributed by atoms with van der Waals surface area (Å²) in [6, 6.07) is 12.7. The number of methoxy groups -OCH3 is 2. The number of aliphatic carboxylic acids is 1. The highest BCUT2D eigenvalue weighted by molar-refractivity contribution is 7.91. The first-order chi connectivity index (χ1) is 17.3. The topological polar surface area (TPSA) is 146 Å². The summed E-state index contributed by atoms with van der Waals surface area (Å²) in [6.07, 6.45) is 3.16. The second kappa shape index (κ2) is 10.8. The van der Waals surface area contributed by atoms with E-state index in [-0.39, 0.29) is 22.9 Å². The predicted molar refractivity (Wildman–Crippen MR) is 132 cm³/mol. The lowest BCUT2D eigenvalue weighted by molar-refractivity contribution is -0.141. The summed E-state index contributed by atoms with van der Waals surface area (Å²) < 4.78 is 39.8. The molecule has 1 aromatic carbocycles. The third kappa shape index (κ3) is 5.70. The second-order valence-corrected chi connectivity index (χ2v) is 10.7. The van der Waals surface area contributed by atoms with E-state index in [2.05, 4.69) is 20.0 Å². The Morgan fingerprint density at radius 2 is 1.94 bits per heavy atom. The molecule has 4 aromatic rings. The number of rotatable bonds is 11. The van der Waals surface area contributed by atoms with E-state index in [1.807, 2.05) is 6.07 Å². The second-order valence-electron chi connectivity index (χ2n) is 7.60. The molecular weight excluding hydrogens is 506 g/mol. The molecule has 0 fully saturated rings. The fraction of sp³-hybridized carbons (Fsp3) is 0.217. The molecule has 0 amide bonds. The molecule has 0 aliphatic rings. The van der Waals surface area contributed by atoms with Crippen LogP contribution in [0.5, 0.6) is 11.5 Å². The molecule has 0 bridgehead atoms. The molecule has 4 rings (SSSR count). The normalized spacial score (nSPS) is 12.3. The van der Waals surface area contributed by atoms with Crippen LogP contribution in [0.3, 0.4) is 0 Å². The Morgan fingerprint density at radius 3 is 2.64 bits per heavy atom. The maximum absolute atomic E-state index is 12.8. The smallest absolute Gasteiger partial charge is 0.328 e. The molecule has 13 heteroatoms. The van der Waals surface area contributed by atoms with Gasteiger partial charge in [-0.2, -0.15) is 0 Å². The molecule has 2 N–H and O–H groups in total. The molecule has 0 saturated carbocycles. The van der Waals surface area contributed by atoms with Crippen molar-refractivity contribution in [1.29, 1.82) is 0 Å². The predicted octanol–water partition coefficient (Wildman–Crippen LogP) is 2.77. The van der Waals surface area contributed by atoms with Crippen LogP contribution in [0.25, 0.3) is 10.6 Å². The van der Waals surface area contributed by atoms with Gasteiger partial charge in [0.25, 0.3) is 0 Å². The van der Waals surface area contributed by atoms with E-state index in [1.54, 1.807) is 42.6 Å². The van der Waals surface area contributed by atoms with Gasteiger partial charge in [-0.25, -0.2) is 22.6 Å². The van der Waals surface area contributed by atoms with E-state index in [1.165, 1.54) is 31.2 Å². The van der Waals surface area contributed by atoms with Crippen LogP contribution >= 0.6 is 11.3 Å². The Labute approximate surface area is 211 Å². The first-order valence-electron chi connectivity index (χ1n) is 10.7. The van der Waals surface area contributed by atoms with Gasteiger partial charge in [-0.1, -0.05) is 17.3 Å². The molecule has 11 nitrogen and oxygen atoms in total. The number of benzene rings is 1. The van der Waals surface area contributed by atoms with Crippen molar-refractivity contribution < 1.29 is 27.8 Å². The highest BCUT2D eigenvalue weighted by Crippen LogP contribution is 2.30. The van der Waals surface area contributed by atoms with Gasteiger partial charge in [0.2, 0.25) is 10.0 Å². The molecule has 36 heavy (non-hydrogen) atoms. The highest BCUT2D eigenvalue weighted by atomic mass is 32.2. The van der Waals surface area contributed by atoms with Crippen molar-refractivity contribution in [3.63, 3.8) is 0 Å². The minimum Gasteiger partial charge on any atom is -0.493 e. The Kier molecular flexibility index (Phi) is 7.62. The van der Waals surface area contributed by atoms with Crippen molar-refractivity contribution in [2.75, 3.05) is 14.2 Å². The Hall–Kier alpha value is -3.81. The summed E-state index contributed by atoms with van der Waals surface area (Å²) >= 11 is 1.10. The summed E-state index contributed by atoms with van der Waals surface area (Å²) in [4.78, 5) is 16.9. The summed E-state index contributed by atoms with van der Waals surface area (Å²) in [5.74, 6) is -0.101. The number of thiophene rings is 1. The molecule has 0 radical (unpaired) electrons. The zero-order chi connectivity index (χ0) is 25.7. The number of carbonyl (C=O) groups is 1. The van der Waals surface area contributed by atoms with Gasteiger partial charge in [0.1, 0.15) is 4.21 Å². The zero-order valence-corrected chi connectivity index (χ0v) is 21.0. The summed E-state index contributed by atoms with van der Waals surface area (Å²) in [5, 5.41) is 17.6. The van der Waals surface area contributed by atoms with Gasteiger partial charge < -0.3 is 14.6 Å². The maximum Gasteiger partial charge on any atom is 0.328 e. The monoisotopic (exact) mass is 529 g/mol. The number of sulfonamides is 1. The first-order valence-corrected chi connectivity index (χ1v) is 13.0. The lowest BCUT2D eigenvalue weighted by atomic mass is 10.1. The molecule has 1 unspecified atom stereocenters. The Balaban J connectivity index is 1.45. The first kappa shape index (κ1) is 25.3. The number of nitrogens with zero attached hydrogens (tertiary/aromatic N) is 4. The van der Waals surface area contributed by atoms with Gasteiger partial charge in [-0.3, -0.25) is 4.98 Å². The number of ether oxygens (including phenoxy) is 2. The number of nitrogens with one attached hydrogen (secondary N) is 1. The van der Waals surface area contributed by atoms with Crippen LogP contribution in [0.2, 0.25) is 0 Å². The summed E-state index contributed by atoms with van der Waals surface area (Å²) in [7, 11) is -0.803. The third-order valence-corrected chi connectivity index (χ3v) is 8.25. The number of carboxylic acid groups (broad SMARTS) is 1. The standard InChI is InChI=1S/C23H23N5O6S2/c1-33-19-7-6-15(12-20(19)34-2)11-18(23(29)30)28-14-16(26-27-28)13-25-36(31,32)22-9-8-21(35-22)17-5-3-4-10-24-17/h3-10,12,14,18,25H,11,13H2,1-2H3,(H,29,30). The molecule has 0 aliphatic carbocycles. The third-order valence-electron chi connectivity index (χ3n) is 5.25. The Bertz CT molecular complexity index is 1450. The number of carboxylic acids is 1. The number of aromatic nitrogens is 4. The molecule has 0 spiro atoms. The van der Waals surface area contributed by atoms with Gasteiger partial charge in [-0.05, 0) is 42.0 Å². The van der Waals surface area contributed by atoms with Crippen molar-refractivity contribution in [2.45, 2.75) is 23.2 Å². The minimum atomic E-state index is -3.81. The molecule has 3 aromatic heterocycles. The van der Waals surface area contributed by atoms with Gasteiger partial charge in [-0.15, -0.1) is 16.4 Å². The van der Waals surface area contributed by atoms with Crippen LogP contribution in [-0.2, 0) is 27.8 Å². The molecule has 1 atom stereocenters. The van der Waals surface area contributed by atoms with E-state index >= 15 is 0 Å². The van der Waals surface area contributed by atoms with Crippen molar-refractivity contribution in [1.82, 2.24) is 24.7 Å². The highest BCUT2D eigenvalue weighted by Gasteiger charge is 2.24. The minimum absolute atomic E-state index is 0.107. The van der Waals surface area contributed by atoms with E-state index in [4.69, 9.17) is 9.47 Å². The molecule has 3 heterocycles. The largest absolute Gasteiger partial charge is 0.493 e. The van der Waals surface area contributed by atoms with Crippen LogP contribution in [0, 0.1) is 0 Å². The number of hydrogen-bond donors (Lipinski definition) is 2. The quantitative estimate of drug-likeness (QED) is 0.299. The van der Waals surface area contributed by atoms with Gasteiger partial charge in [0, 0.05) is 12.6 Å². The fourth-order valence-corrected chi connectivity index (χ4v) is 5.75. The van der Waals surface area contributed by atoms with Crippen LogP contribution in [0.15, 0.2) is 65.1 Å². The van der Waals surface area contributed by atoms with E-state index in [9.17, 15) is 18.3 Å². The number of pyridine rings is 1. The maximum atomic E-state index is 12.8. The van der Waals surface area contributed by atoms with Crippen LogP contribution in [0.1, 0.15) is 17.3 Å². The van der Waals surface area contributed by atoms with Crippen LogP contribution < -0.4 is 14.2 Å². The Morgan fingerprint density at radius 1 is 1.14 bits per heavy atom.